The molecule has 0 saturated carbocycles. The molecular formula is C17H13ClN2OS. The van der Waals surface area contributed by atoms with Crippen LogP contribution in [-0.2, 0) is 0 Å². The Morgan fingerprint density at radius 1 is 1.18 bits per heavy atom. The summed E-state index contributed by atoms with van der Waals surface area (Å²) in [6, 6.07) is 9.73. The van der Waals surface area contributed by atoms with Gasteiger partial charge in [0.15, 0.2) is 0 Å². The molecule has 5 heteroatoms. The van der Waals surface area contributed by atoms with Crippen molar-refractivity contribution in [2.75, 3.05) is 0 Å². The van der Waals surface area contributed by atoms with Crippen LogP contribution in [0.25, 0.3) is 0 Å². The molecule has 3 rings (SSSR count). The van der Waals surface area contributed by atoms with Crippen LogP contribution < -0.4 is 0 Å². The second-order valence-electron chi connectivity index (χ2n) is 4.98. The molecule has 0 radical (unpaired) electrons. The fourth-order valence-electron chi connectivity index (χ4n) is 2.22. The number of hydrogen-bond donors (Lipinski definition) is 0. The summed E-state index contributed by atoms with van der Waals surface area (Å²) < 4.78 is 0. The number of rotatable bonds is 4. The van der Waals surface area contributed by atoms with Crippen molar-refractivity contribution in [1.82, 2.24) is 9.97 Å². The van der Waals surface area contributed by atoms with Crippen LogP contribution in [0.15, 0.2) is 54.4 Å². The van der Waals surface area contributed by atoms with E-state index < -0.39 is 0 Å². The van der Waals surface area contributed by atoms with Gasteiger partial charge in [-0.15, -0.1) is 11.3 Å². The number of aromatic nitrogens is 2. The predicted molar refractivity (Wildman–Crippen MR) is 88.8 cm³/mol. The molecule has 0 aliphatic carbocycles. The van der Waals surface area contributed by atoms with E-state index in [9.17, 15) is 4.79 Å². The Kier molecular flexibility index (Phi) is 4.32. The van der Waals surface area contributed by atoms with Gasteiger partial charge in [-0.05, 0) is 34.7 Å². The Morgan fingerprint density at radius 3 is 2.68 bits per heavy atom. The molecule has 1 aromatic carbocycles. The van der Waals surface area contributed by atoms with Gasteiger partial charge in [-0.25, -0.2) is 9.97 Å². The molecule has 0 fully saturated rings. The third-order valence-electron chi connectivity index (χ3n) is 3.51. The number of carbonyl (C=O) groups excluding carboxylic acids is 1. The maximum Gasteiger partial charge on any atom is 0.206 e. The summed E-state index contributed by atoms with van der Waals surface area (Å²) in [6.45, 7) is 2.10. The summed E-state index contributed by atoms with van der Waals surface area (Å²) in [6.07, 6.45) is 4.49. The van der Waals surface area contributed by atoms with E-state index in [1.807, 2.05) is 35.7 Å². The van der Waals surface area contributed by atoms with E-state index in [-0.39, 0.29) is 11.7 Å². The molecule has 22 heavy (non-hydrogen) atoms. The molecule has 3 aromatic rings. The molecule has 0 saturated heterocycles. The Labute approximate surface area is 137 Å². The molecule has 3 nitrogen and oxygen atoms in total. The largest absolute Gasteiger partial charge is 0.288 e. The second-order valence-corrected chi connectivity index (χ2v) is 6.32. The van der Waals surface area contributed by atoms with Crippen LogP contribution in [0, 0.1) is 0 Å². The van der Waals surface area contributed by atoms with Crippen molar-refractivity contribution < 1.29 is 4.79 Å². The Balaban J connectivity index is 1.86. The van der Waals surface area contributed by atoms with E-state index in [1.165, 1.54) is 30.1 Å². The maximum atomic E-state index is 12.4. The molecule has 0 N–H and O–H groups in total. The molecular weight excluding hydrogens is 316 g/mol. The van der Waals surface area contributed by atoms with Crippen molar-refractivity contribution in [1.29, 1.82) is 0 Å². The maximum absolute atomic E-state index is 12.4. The van der Waals surface area contributed by atoms with Gasteiger partial charge in [0.25, 0.3) is 0 Å². The van der Waals surface area contributed by atoms with Crippen molar-refractivity contribution in [3.8, 4) is 0 Å². The van der Waals surface area contributed by atoms with Crippen LogP contribution in [0.4, 0.5) is 0 Å². The first-order chi connectivity index (χ1) is 10.6. The number of ketones is 1. The summed E-state index contributed by atoms with van der Waals surface area (Å²) in [4.78, 5) is 20.9. The monoisotopic (exact) mass is 328 g/mol. The van der Waals surface area contributed by atoms with Crippen molar-refractivity contribution in [2.45, 2.75) is 12.8 Å². The molecule has 0 bridgehead atoms. The molecule has 110 valence electrons. The minimum Gasteiger partial charge on any atom is -0.288 e. The van der Waals surface area contributed by atoms with Crippen LogP contribution in [-0.4, -0.2) is 15.8 Å². The first-order valence-electron chi connectivity index (χ1n) is 6.79. The molecule has 0 unspecified atom stereocenters. The average molecular weight is 329 g/mol. The molecule has 2 heterocycles. The van der Waals surface area contributed by atoms with E-state index in [2.05, 4.69) is 16.9 Å². The number of halogens is 1. The molecule has 1 atom stereocenters. The SMILES string of the molecule is C[C@H](c1cccc(Cl)c1)c1csc(C(=O)c2cncnc2)c1. The van der Waals surface area contributed by atoms with Gasteiger partial charge >= 0.3 is 0 Å². The number of nitrogens with zero attached hydrogens (tertiary/aromatic N) is 2. The number of carbonyl (C=O) groups is 1. The zero-order valence-electron chi connectivity index (χ0n) is 11.9. The third-order valence-corrected chi connectivity index (χ3v) is 4.70. The van der Waals surface area contributed by atoms with Gasteiger partial charge in [0, 0.05) is 23.3 Å². The van der Waals surface area contributed by atoms with E-state index in [4.69, 9.17) is 11.6 Å². The fraction of sp³-hybridized carbons (Fsp3) is 0.118. The smallest absolute Gasteiger partial charge is 0.206 e. The topological polar surface area (TPSA) is 42.9 Å². The summed E-state index contributed by atoms with van der Waals surface area (Å²) in [7, 11) is 0. The van der Waals surface area contributed by atoms with Crippen molar-refractivity contribution in [2.24, 2.45) is 0 Å². The lowest BCUT2D eigenvalue weighted by molar-refractivity contribution is 0.104. The van der Waals surface area contributed by atoms with E-state index in [0.717, 1.165) is 16.1 Å². The molecule has 2 aromatic heterocycles. The Morgan fingerprint density at radius 2 is 1.95 bits per heavy atom. The molecule has 0 amide bonds. The van der Waals surface area contributed by atoms with Crippen LogP contribution in [0.1, 0.15) is 39.2 Å². The lowest BCUT2D eigenvalue weighted by Crippen LogP contribution is -2.00. The third kappa shape index (κ3) is 3.08. The van der Waals surface area contributed by atoms with Crippen molar-refractivity contribution >= 4 is 28.7 Å². The summed E-state index contributed by atoms with van der Waals surface area (Å²) >= 11 is 7.49. The highest BCUT2D eigenvalue weighted by atomic mass is 35.5. The molecule has 0 spiro atoms. The Hall–Kier alpha value is -2.04. The number of hydrogen-bond acceptors (Lipinski definition) is 4. The van der Waals surface area contributed by atoms with Gasteiger partial charge in [-0.3, -0.25) is 4.79 Å². The lowest BCUT2D eigenvalue weighted by atomic mass is 9.95. The highest BCUT2D eigenvalue weighted by molar-refractivity contribution is 7.12. The fourth-order valence-corrected chi connectivity index (χ4v) is 3.39. The molecule has 0 aliphatic heterocycles. The second kappa shape index (κ2) is 6.38. The highest BCUT2D eigenvalue weighted by Gasteiger charge is 2.16. The number of benzene rings is 1. The quantitative estimate of drug-likeness (QED) is 0.659. The standard InChI is InChI=1S/C17H13ClN2OS/c1-11(12-3-2-4-15(18)5-12)13-6-16(22-9-13)17(21)14-7-19-10-20-8-14/h2-11H,1H3/t11-/m1/s1. The summed E-state index contributed by atoms with van der Waals surface area (Å²) in [5.74, 6) is 0.138. The van der Waals surface area contributed by atoms with Crippen molar-refractivity contribution in [3.05, 3.63) is 81.0 Å². The predicted octanol–water partition coefficient (Wildman–Crippen LogP) is 4.57. The van der Waals surface area contributed by atoms with E-state index in [0.29, 0.717) is 10.4 Å². The average Bonchev–Trinajstić information content (AvgIpc) is 3.04. The van der Waals surface area contributed by atoms with Gasteiger partial charge < -0.3 is 0 Å². The van der Waals surface area contributed by atoms with Gasteiger partial charge in [0.2, 0.25) is 5.78 Å². The Bertz CT molecular complexity index is 801. The van der Waals surface area contributed by atoms with Gasteiger partial charge in [-0.1, -0.05) is 30.7 Å². The minimum atomic E-state index is -0.0462. The first-order valence-corrected chi connectivity index (χ1v) is 8.04. The zero-order valence-corrected chi connectivity index (χ0v) is 13.4. The van der Waals surface area contributed by atoms with E-state index in [1.54, 1.807) is 0 Å². The summed E-state index contributed by atoms with van der Waals surface area (Å²) in [5.41, 5.74) is 2.74. The normalized spacial score (nSPS) is 12.1. The van der Waals surface area contributed by atoms with Crippen LogP contribution >= 0.6 is 22.9 Å². The van der Waals surface area contributed by atoms with Gasteiger partial charge in [0.1, 0.15) is 6.33 Å². The summed E-state index contributed by atoms with van der Waals surface area (Å²) in [5, 5.41) is 2.74. The van der Waals surface area contributed by atoms with Crippen molar-refractivity contribution in [3.63, 3.8) is 0 Å². The highest BCUT2D eigenvalue weighted by Crippen LogP contribution is 2.30. The van der Waals surface area contributed by atoms with E-state index >= 15 is 0 Å². The van der Waals surface area contributed by atoms with Gasteiger partial charge in [0.05, 0.1) is 10.4 Å². The van der Waals surface area contributed by atoms with Crippen LogP contribution in [0.3, 0.4) is 0 Å². The number of thiophene rings is 1. The van der Waals surface area contributed by atoms with Gasteiger partial charge in [-0.2, -0.15) is 0 Å². The lowest BCUT2D eigenvalue weighted by Gasteiger charge is -2.10. The first kappa shape index (κ1) is 14.9. The van der Waals surface area contributed by atoms with Crippen LogP contribution in [0.2, 0.25) is 5.02 Å². The zero-order chi connectivity index (χ0) is 15.5. The minimum absolute atomic E-state index is 0.0462. The van der Waals surface area contributed by atoms with Crippen LogP contribution in [0.5, 0.6) is 0 Å². The molecule has 0 aliphatic rings.